The van der Waals surface area contributed by atoms with Gasteiger partial charge in [-0.1, -0.05) is 0 Å². The zero-order chi connectivity index (χ0) is 6.99. The van der Waals surface area contributed by atoms with Crippen LogP contribution in [0.5, 0.6) is 0 Å². The van der Waals surface area contributed by atoms with Crippen LogP contribution in [0, 0.1) is 11.5 Å². The van der Waals surface area contributed by atoms with Crippen LogP contribution in [0.4, 0.5) is 4.79 Å². The van der Waals surface area contributed by atoms with E-state index < -0.39 is 6.03 Å². The highest BCUT2D eigenvalue weighted by Gasteiger charge is 1.60. The van der Waals surface area contributed by atoms with Crippen LogP contribution in [-0.2, 0) is 0 Å². The molecule has 0 bridgehead atoms. The zero-order valence-electron chi connectivity index (χ0n) is 4.09. The number of rotatable bonds is 0. The molecule has 7 N–H and O–H groups in total. The van der Waals surface area contributed by atoms with Crippen LogP contribution in [0.2, 0.25) is 0 Å². The molecule has 0 atom stereocenters. The molecule has 0 aromatic heterocycles. The highest BCUT2D eigenvalue weighted by atomic mass is 16.2. The summed E-state index contributed by atoms with van der Waals surface area (Å²) in [5, 5.41) is 7.39. The van der Waals surface area contributed by atoms with E-state index in [0.29, 0.717) is 0 Å². The van der Waals surface area contributed by atoms with Crippen molar-refractivity contribution in [1.82, 2.24) is 5.43 Å². The predicted octanol–water partition coefficient (Wildman–Crippen LogP) is -2.05. The van der Waals surface area contributed by atoms with Crippen molar-refractivity contribution in [3.8, 4) is 6.19 Å². The molecule has 0 spiro atoms. The van der Waals surface area contributed by atoms with Gasteiger partial charge in [0.05, 0.1) is 0 Å². The number of nitrogens with two attached hydrogens (primary N) is 3. The SMILES string of the molecule is N#CNN.NC(N)=O. The number of hydrogen-bond donors (Lipinski definition) is 4. The first-order chi connectivity index (χ1) is 3.65. The third-order valence-electron chi connectivity index (χ3n) is 0.0645. The standard InChI is InChI=1S/CH3N3.CH4N2O/c2-1-4-3;2-1(3)4/h4H,3H2;(H4,2,3,4). The van der Waals surface area contributed by atoms with Gasteiger partial charge in [-0.25, -0.2) is 10.6 Å². The van der Waals surface area contributed by atoms with E-state index in [0.717, 1.165) is 0 Å². The molecule has 0 rings (SSSR count). The van der Waals surface area contributed by atoms with E-state index in [1.54, 1.807) is 5.43 Å². The van der Waals surface area contributed by atoms with Crippen molar-refractivity contribution in [2.75, 3.05) is 0 Å². The van der Waals surface area contributed by atoms with Crippen molar-refractivity contribution in [2.24, 2.45) is 17.3 Å². The molecule has 0 saturated heterocycles. The van der Waals surface area contributed by atoms with Gasteiger partial charge in [0.2, 0.25) is 0 Å². The fourth-order valence-corrected chi connectivity index (χ4v) is 0. The lowest BCUT2D eigenvalue weighted by Crippen LogP contribution is -2.18. The van der Waals surface area contributed by atoms with Crippen LogP contribution in [-0.4, -0.2) is 6.03 Å². The minimum absolute atomic E-state index is 0.833. The van der Waals surface area contributed by atoms with Gasteiger partial charge in [-0.15, -0.1) is 0 Å². The van der Waals surface area contributed by atoms with E-state index in [1.807, 2.05) is 0 Å². The van der Waals surface area contributed by atoms with Gasteiger partial charge in [0.1, 0.15) is 0 Å². The smallest absolute Gasteiger partial charge is 0.309 e. The number of hydrogen-bond acceptors (Lipinski definition) is 4. The van der Waals surface area contributed by atoms with Crippen LogP contribution in [0.15, 0.2) is 0 Å². The Morgan fingerprint density at radius 1 is 1.62 bits per heavy atom. The minimum Gasteiger partial charge on any atom is -0.352 e. The van der Waals surface area contributed by atoms with E-state index in [-0.39, 0.29) is 0 Å². The first-order valence-electron chi connectivity index (χ1n) is 1.54. The van der Waals surface area contributed by atoms with Crippen LogP contribution in [0.1, 0.15) is 0 Å². The maximum absolute atomic E-state index is 9.00. The molecule has 0 aromatic carbocycles. The summed E-state index contributed by atoms with van der Waals surface area (Å²) in [7, 11) is 0. The van der Waals surface area contributed by atoms with Gasteiger partial charge in [-0.2, -0.15) is 5.26 Å². The number of carbonyl (C=O) groups excluding carboxylic acids is 1. The van der Waals surface area contributed by atoms with Crippen LogP contribution in [0.25, 0.3) is 0 Å². The lowest BCUT2D eigenvalue weighted by atomic mass is 11.2. The highest BCUT2D eigenvalue weighted by molar-refractivity contribution is 5.69. The number of nitrogens with one attached hydrogen (secondary N) is 1. The van der Waals surface area contributed by atoms with Gasteiger partial charge in [-0.05, 0) is 0 Å². The van der Waals surface area contributed by atoms with Gasteiger partial charge in [0.15, 0.2) is 6.19 Å². The van der Waals surface area contributed by atoms with Gasteiger partial charge in [0.25, 0.3) is 0 Å². The number of urea groups is 1. The molecule has 0 saturated carbocycles. The molecule has 6 heteroatoms. The number of nitrogens with zero attached hydrogens (tertiary/aromatic N) is 1. The third kappa shape index (κ3) is 243. The maximum Gasteiger partial charge on any atom is 0.309 e. The topological polar surface area (TPSA) is 131 Å². The summed E-state index contributed by atoms with van der Waals surface area (Å²) < 4.78 is 0. The van der Waals surface area contributed by atoms with Gasteiger partial charge >= 0.3 is 6.03 Å². The van der Waals surface area contributed by atoms with Crippen LogP contribution in [0.3, 0.4) is 0 Å². The molecule has 0 unspecified atom stereocenters. The Bertz CT molecular complexity index is 89.1. The van der Waals surface area contributed by atoms with Crippen LogP contribution >= 0.6 is 0 Å². The number of carbonyl (C=O) groups is 1. The fourth-order valence-electron chi connectivity index (χ4n) is 0. The van der Waals surface area contributed by atoms with Crippen molar-refractivity contribution >= 4 is 6.03 Å². The van der Waals surface area contributed by atoms with Gasteiger partial charge in [0, 0.05) is 0 Å². The first kappa shape index (κ1) is 9.72. The second-order valence-electron chi connectivity index (χ2n) is 0.659. The van der Waals surface area contributed by atoms with Gasteiger partial charge in [-0.3, -0.25) is 5.43 Å². The second-order valence-corrected chi connectivity index (χ2v) is 0.659. The van der Waals surface area contributed by atoms with Crippen molar-refractivity contribution < 1.29 is 4.79 Å². The molecule has 0 heterocycles. The Morgan fingerprint density at radius 2 is 1.75 bits per heavy atom. The Hall–Kier alpha value is -1.48. The molecular formula is C2H7N5O. The number of nitriles is 1. The Balaban J connectivity index is 0. The molecular weight excluding hydrogens is 110 g/mol. The van der Waals surface area contributed by atoms with Crippen molar-refractivity contribution in [3.05, 3.63) is 0 Å². The lowest BCUT2D eigenvalue weighted by Gasteiger charge is -1.62. The average Bonchev–Trinajstić information content (AvgIpc) is 1.65. The molecule has 0 radical (unpaired) electrons. The summed E-state index contributed by atoms with van der Waals surface area (Å²) in [5.41, 5.74) is 10.2. The van der Waals surface area contributed by atoms with Crippen molar-refractivity contribution in [1.29, 1.82) is 5.26 Å². The monoisotopic (exact) mass is 117 g/mol. The fraction of sp³-hybridized carbons (Fsp3) is 0. The Kier molecular flexibility index (Phi) is 11.1. The van der Waals surface area contributed by atoms with Crippen molar-refractivity contribution in [3.63, 3.8) is 0 Å². The third-order valence-corrected chi connectivity index (χ3v) is 0.0645. The summed E-state index contributed by atoms with van der Waals surface area (Å²) in [6.07, 6.45) is 1.46. The lowest BCUT2D eigenvalue weighted by molar-refractivity contribution is 0.256. The molecule has 0 aliphatic carbocycles. The highest BCUT2D eigenvalue weighted by Crippen LogP contribution is 1.25. The van der Waals surface area contributed by atoms with Crippen LogP contribution < -0.4 is 22.7 Å². The van der Waals surface area contributed by atoms with E-state index in [1.165, 1.54) is 6.19 Å². The number of amides is 2. The molecule has 0 fully saturated rings. The Labute approximate surface area is 46.2 Å². The van der Waals surface area contributed by atoms with E-state index >= 15 is 0 Å². The quantitative estimate of drug-likeness (QED) is 0.126. The van der Waals surface area contributed by atoms with Crippen molar-refractivity contribution in [2.45, 2.75) is 0 Å². The summed E-state index contributed by atoms with van der Waals surface area (Å²) in [5.74, 6) is 4.42. The normalized spacial score (nSPS) is 5.00. The van der Waals surface area contributed by atoms with Gasteiger partial charge < -0.3 is 11.5 Å². The average molecular weight is 117 g/mol. The summed E-state index contributed by atoms with van der Waals surface area (Å²) in [4.78, 5) is 9.00. The number of hydrazine groups is 1. The molecule has 46 valence electrons. The first-order valence-corrected chi connectivity index (χ1v) is 1.54. The molecule has 2 amide bonds. The minimum atomic E-state index is -0.833. The molecule has 6 nitrogen and oxygen atoms in total. The second kappa shape index (κ2) is 9.10. The summed E-state index contributed by atoms with van der Waals surface area (Å²) in [6.45, 7) is 0. The predicted molar refractivity (Wildman–Crippen MR) is 26.7 cm³/mol. The number of primary amides is 2. The molecule has 0 aliphatic heterocycles. The zero-order valence-corrected chi connectivity index (χ0v) is 4.09. The molecule has 0 aliphatic rings. The molecule has 8 heavy (non-hydrogen) atoms. The van der Waals surface area contributed by atoms with E-state index in [9.17, 15) is 0 Å². The van der Waals surface area contributed by atoms with E-state index in [2.05, 4.69) is 17.3 Å². The largest absolute Gasteiger partial charge is 0.352 e. The maximum atomic E-state index is 9.00. The summed E-state index contributed by atoms with van der Waals surface area (Å²) in [6, 6.07) is -0.833. The summed E-state index contributed by atoms with van der Waals surface area (Å²) >= 11 is 0. The Morgan fingerprint density at radius 3 is 1.75 bits per heavy atom. The molecule has 0 aromatic rings. The van der Waals surface area contributed by atoms with E-state index in [4.69, 9.17) is 10.1 Å².